The van der Waals surface area contributed by atoms with Crippen LogP contribution in [0.2, 0.25) is 0 Å². The highest BCUT2D eigenvalue weighted by atomic mass is 16.5. The molecule has 20 heavy (non-hydrogen) atoms. The highest BCUT2D eigenvalue weighted by Crippen LogP contribution is 2.24. The van der Waals surface area contributed by atoms with Gasteiger partial charge in [0.1, 0.15) is 5.82 Å². The average Bonchev–Trinajstić information content (AvgIpc) is 2.89. The van der Waals surface area contributed by atoms with Crippen LogP contribution in [0.25, 0.3) is 11.4 Å². The number of hydrogen-bond acceptors (Lipinski definition) is 3. The first-order valence-corrected chi connectivity index (χ1v) is 6.63. The molecule has 2 rings (SSSR count). The van der Waals surface area contributed by atoms with Gasteiger partial charge in [-0.3, -0.25) is 0 Å². The quantitative estimate of drug-likeness (QED) is 0.816. The number of aromatic amines is 1. The van der Waals surface area contributed by atoms with Gasteiger partial charge in [0.05, 0.1) is 11.2 Å². The number of hydrogen-bond donors (Lipinski definition) is 2. The van der Waals surface area contributed by atoms with Gasteiger partial charge < -0.3 is 14.7 Å². The van der Waals surface area contributed by atoms with E-state index in [0.717, 1.165) is 16.9 Å². The Kier molecular flexibility index (Phi) is 4.02. The van der Waals surface area contributed by atoms with E-state index in [-0.39, 0.29) is 0 Å². The van der Waals surface area contributed by atoms with Crippen LogP contribution in [-0.2, 0) is 4.65 Å². The summed E-state index contributed by atoms with van der Waals surface area (Å²) in [5, 5.41) is 10.0. The Morgan fingerprint density at radius 1 is 1.15 bits per heavy atom. The minimum absolute atomic E-state index is 0.660. The Morgan fingerprint density at radius 2 is 1.80 bits per heavy atom. The second-order valence-electron chi connectivity index (χ2n) is 5.86. The molecule has 0 amide bonds. The molecule has 0 bridgehead atoms. The number of H-pyrrole nitrogens is 1. The van der Waals surface area contributed by atoms with E-state index in [1.807, 2.05) is 38.1 Å². The molecule has 0 aliphatic carbocycles. The summed E-state index contributed by atoms with van der Waals surface area (Å²) in [7, 11) is 1.67. The van der Waals surface area contributed by atoms with Crippen LogP contribution >= 0.6 is 0 Å². The summed E-state index contributed by atoms with van der Waals surface area (Å²) in [5.41, 5.74) is 0.385. The Morgan fingerprint density at radius 3 is 2.30 bits per heavy atom. The van der Waals surface area contributed by atoms with E-state index in [4.69, 9.17) is 4.65 Å². The number of aromatic nitrogens is 2. The highest BCUT2D eigenvalue weighted by molar-refractivity contribution is 6.47. The lowest BCUT2D eigenvalue weighted by Crippen LogP contribution is -2.49. The van der Waals surface area contributed by atoms with E-state index in [1.165, 1.54) is 0 Å². The lowest BCUT2D eigenvalue weighted by atomic mass is 9.82. The van der Waals surface area contributed by atoms with Gasteiger partial charge in [-0.1, -0.05) is 29.7 Å². The monoisotopic (exact) mass is 271 g/mol. The number of nitrogens with zero attached hydrogens (tertiary/aromatic N) is 1. The molecule has 1 heterocycles. The maximum absolute atomic E-state index is 10.0. The topological polar surface area (TPSA) is 58.1 Å². The standard InChI is InChI=1S/C15H20BN2O2/c1-14(2,19)15(3,4)20-16-12-7-5-11(6-8-12)13-17-9-10-18-13/h5-10,19H,1-4H3,(H,17,18). The lowest BCUT2D eigenvalue weighted by Gasteiger charge is -2.37. The second-order valence-corrected chi connectivity index (χ2v) is 5.86. The normalized spacial score (nSPS) is 12.4. The third-order valence-corrected chi connectivity index (χ3v) is 3.65. The zero-order valence-corrected chi connectivity index (χ0v) is 12.3. The third kappa shape index (κ3) is 3.29. The predicted molar refractivity (Wildman–Crippen MR) is 80.9 cm³/mol. The fourth-order valence-electron chi connectivity index (χ4n) is 1.50. The molecular formula is C15H20BN2O2. The van der Waals surface area contributed by atoms with Gasteiger partial charge in [0, 0.05) is 18.0 Å². The van der Waals surface area contributed by atoms with Gasteiger partial charge >= 0.3 is 7.48 Å². The molecular weight excluding hydrogens is 251 g/mol. The van der Waals surface area contributed by atoms with Crippen molar-refractivity contribution in [1.29, 1.82) is 0 Å². The van der Waals surface area contributed by atoms with Gasteiger partial charge in [-0.2, -0.15) is 0 Å². The van der Waals surface area contributed by atoms with Crippen molar-refractivity contribution in [3.8, 4) is 11.4 Å². The molecule has 0 aliphatic heterocycles. The number of rotatable bonds is 5. The van der Waals surface area contributed by atoms with E-state index in [1.54, 1.807) is 33.7 Å². The van der Waals surface area contributed by atoms with Crippen molar-refractivity contribution in [3.63, 3.8) is 0 Å². The molecule has 0 saturated carbocycles. The molecule has 1 aromatic heterocycles. The predicted octanol–water partition coefficient (Wildman–Crippen LogP) is 1.89. The smallest absolute Gasteiger partial charge is 0.330 e. The summed E-state index contributed by atoms with van der Waals surface area (Å²) in [6, 6.07) is 7.87. The van der Waals surface area contributed by atoms with Crippen LogP contribution in [0, 0.1) is 0 Å². The van der Waals surface area contributed by atoms with E-state index < -0.39 is 11.2 Å². The summed E-state index contributed by atoms with van der Waals surface area (Å²) in [5.74, 6) is 0.842. The van der Waals surface area contributed by atoms with Crippen molar-refractivity contribution >= 4 is 12.9 Å². The molecule has 1 radical (unpaired) electrons. The summed E-state index contributed by atoms with van der Waals surface area (Å²) in [6.45, 7) is 7.20. The van der Waals surface area contributed by atoms with Crippen LogP contribution in [0.1, 0.15) is 27.7 Å². The van der Waals surface area contributed by atoms with Gasteiger partial charge in [-0.25, -0.2) is 4.98 Å². The SMILES string of the molecule is CC(C)(O)C(C)(C)O[B]c1ccc(-c2ncc[nH]2)cc1. The maximum Gasteiger partial charge on any atom is 0.330 e. The summed E-state index contributed by atoms with van der Waals surface area (Å²) < 4.78 is 5.71. The van der Waals surface area contributed by atoms with E-state index in [0.29, 0.717) is 0 Å². The minimum atomic E-state index is -0.919. The van der Waals surface area contributed by atoms with Crippen molar-refractivity contribution in [2.24, 2.45) is 0 Å². The Balaban J connectivity index is 2.02. The zero-order chi connectivity index (χ0) is 14.8. The van der Waals surface area contributed by atoms with Crippen LogP contribution in [0.3, 0.4) is 0 Å². The summed E-state index contributed by atoms with van der Waals surface area (Å²) >= 11 is 0. The van der Waals surface area contributed by atoms with Crippen LogP contribution in [0.15, 0.2) is 36.7 Å². The molecule has 2 aromatic rings. The Bertz CT molecular complexity index is 542. The van der Waals surface area contributed by atoms with Crippen LogP contribution in [-0.4, -0.2) is 33.8 Å². The van der Waals surface area contributed by atoms with Crippen LogP contribution in [0.5, 0.6) is 0 Å². The second kappa shape index (κ2) is 5.42. The minimum Gasteiger partial charge on any atom is -0.427 e. The van der Waals surface area contributed by atoms with Crippen molar-refractivity contribution in [2.75, 3.05) is 0 Å². The molecule has 0 unspecified atom stereocenters. The van der Waals surface area contributed by atoms with E-state index >= 15 is 0 Å². The molecule has 2 N–H and O–H groups in total. The number of imidazole rings is 1. The van der Waals surface area contributed by atoms with Gasteiger partial charge in [-0.15, -0.1) is 0 Å². The molecule has 0 fully saturated rings. The first-order valence-electron chi connectivity index (χ1n) is 6.63. The van der Waals surface area contributed by atoms with Crippen molar-refractivity contribution in [1.82, 2.24) is 9.97 Å². The molecule has 0 saturated heterocycles. The zero-order valence-electron chi connectivity index (χ0n) is 12.3. The molecule has 4 nitrogen and oxygen atoms in total. The highest BCUT2D eigenvalue weighted by Gasteiger charge is 2.35. The lowest BCUT2D eigenvalue weighted by molar-refractivity contribution is -0.0893. The molecule has 5 heteroatoms. The Labute approximate surface area is 120 Å². The van der Waals surface area contributed by atoms with Crippen molar-refractivity contribution in [2.45, 2.75) is 38.9 Å². The molecule has 0 aliphatic rings. The van der Waals surface area contributed by atoms with Crippen LogP contribution in [0.4, 0.5) is 0 Å². The van der Waals surface area contributed by atoms with Crippen LogP contribution < -0.4 is 5.46 Å². The van der Waals surface area contributed by atoms with Crippen molar-refractivity contribution < 1.29 is 9.76 Å². The molecule has 105 valence electrons. The fourth-order valence-corrected chi connectivity index (χ4v) is 1.50. The third-order valence-electron chi connectivity index (χ3n) is 3.65. The van der Waals surface area contributed by atoms with E-state index in [2.05, 4.69) is 9.97 Å². The van der Waals surface area contributed by atoms with E-state index in [9.17, 15) is 5.11 Å². The molecule has 1 aromatic carbocycles. The van der Waals surface area contributed by atoms with Crippen molar-refractivity contribution in [3.05, 3.63) is 36.7 Å². The van der Waals surface area contributed by atoms with Gasteiger partial charge in [-0.05, 0) is 27.7 Å². The number of benzene rings is 1. The van der Waals surface area contributed by atoms with Gasteiger partial charge in [0.15, 0.2) is 0 Å². The number of aliphatic hydroxyl groups is 1. The maximum atomic E-state index is 10.0. The first kappa shape index (κ1) is 14.8. The van der Waals surface area contributed by atoms with Gasteiger partial charge in [0.25, 0.3) is 0 Å². The average molecular weight is 271 g/mol. The Hall–Kier alpha value is -1.59. The fraction of sp³-hybridized carbons (Fsp3) is 0.400. The number of nitrogens with one attached hydrogen (secondary N) is 1. The molecule has 0 atom stereocenters. The van der Waals surface area contributed by atoms with Gasteiger partial charge in [0.2, 0.25) is 0 Å². The molecule has 0 spiro atoms. The first-order chi connectivity index (χ1) is 9.29. The largest absolute Gasteiger partial charge is 0.427 e. The summed E-state index contributed by atoms with van der Waals surface area (Å²) in [6.07, 6.45) is 3.52. The summed E-state index contributed by atoms with van der Waals surface area (Å²) in [4.78, 5) is 7.27.